The van der Waals surface area contributed by atoms with Gasteiger partial charge in [-0.3, -0.25) is 0 Å². The van der Waals surface area contributed by atoms with Crippen molar-refractivity contribution in [1.82, 2.24) is 10.6 Å². The number of benzene rings is 1. The summed E-state index contributed by atoms with van der Waals surface area (Å²) in [5.74, 6) is 0.0323. The number of furan rings is 1. The van der Waals surface area contributed by atoms with Crippen LogP contribution in [0.5, 0.6) is 0 Å². The quantitative estimate of drug-likeness (QED) is 0.548. The molecule has 1 aliphatic rings. The Labute approximate surface area is 170 Å². The van der Waals surface area contributed by atoms with Crippen molar-refractivity contribution in [3.8, 4) is 11.3 Å². The van der Waals surface area contributed by atoms with Crippen LogP contribution < -0.4 is 10.6 Å². The third kappa shape index (κ3) is 4.61. The van der Waals surface area contributed by atoms with Crippen LogP contribution >= 0.6 is 12.2 Å². The normalized spacial score (nSPS) is 17.2. The van der Waals surface area contributed by atoms with Crippen LogP contribution in [0.4, 0.5) is 13.2 Å². The largest absolute Gasteiger partial charge is 0.459 e. The smallest absolute Gasteiger partial charge is 0.416 e. The first-order valence-corrected chi connectivity index (χ1v) is 9.23. The third-order valence-electron chi connectivity index (χ3n) is 4.22. The number of halogens is 3. The lowest BCUT2D eigenvalue weighted by Crippen LogP contribution is -2.45. The summed E-state index contributed by atoms with van der Waals surface area (Å²) in [6, 6.07) is 7.26. The summed E-state index contributed by atoms with van der Waals surface area (Å²) >= 11 is 5.17. The van der Waals surface area contributed by atoms with Crippen LogP contribution in [0.25, 0.3) is 11.3 Å². The van der Waals surface area contributed by atoms with E-state index in [9.17, 15) is 18.0 Å². The molecule has 0 saturated heterocycles. The van der Waals surface area contributed by atoms with Crippen molar-refractivity contribution in [3.05, 3.63) is 59.0 Å². The number of ether oxygens (including phenoxy) is 1. The lowest BCUT2D eigenvalue weighted by Gasteiger charge is -2.28. The number of alkyl halides is 3. The van der Waals surface area contributed by atoms with Gasteiger partial charge in [-0.15, -0.1) is 0 Å². The van der Waals surface area contributed by atoms with Crippen molar-refractivity contribution in [2.75, 3.05) is 0 Å². The van der Waals surface area contributed by atoms with Gasteiger partial charge in [-0.1, -0.05) is 12.1 Å². The predicted octanol–water partition coefficient (Wildman–Crippen LogP) is 4.71. The van der Waals surface area contributed by atoms with Gasteiger partial charge in [-0.05, 0) is 57.3 Å². The highest BCUT2D eigenvalue weighted by atomic mass is 32.1. The molecule has 2 heterocycles. The first-order chi connectivity index (χ1) is 13.6. The fourth-order valence-electron chi connectivity index (χ4n) is 2.97. The molecule has 5 nitrogen and oxygen atoms in total. The lowest BCUT2D eigenvalue weighted by molar-refractivity contribution is -0.143. The second-order valence-corrected chi connectivity index (χ2v) is 7.21. The molecular weight excluding hydrogens is 405 g/mol. The Morgan fingerprint density at radius 2 is 1.97 bits per heavy atom. The zero-order valence-electron chi connectivity index (χ0n) is 15.9. The summed E-state index contributed by atoms with van der Waals surface area (Å²) in [5.41, 5.74) is 0.305. The fraction of sp³-hybridized carbons (Fsp3) is 0.300. The van der Waals surface area contributed by atoms with Crippen molar-refractivity contribution in [3.63, 3.8) is 0 Å². The second-order valence-electron chi connectivity index (χ2n) is 6.80. The van der Waals surface area contributed by atoms with Crippen LogP contribution in [0.15, 0.2) is 52.1 Å². The van der Waals surface area contributed by atoms with Gasteiger partial charge in [0.25, 0.3) is 0 Å². The SMILES string of the molecule is CC1=C(C(=O)OC(C)C)[C@@H](c2ccc(-c3cccc(C(F)(F)F)c3)o2)NC(=S)N1. The molecule has 0 bridgehead atoms. The van der Waals surface area contributed by atoms with Gasteiger partial charge in [0.05, 0.1) is 17.2 Å². The highest BCUT2D eigenvalue weighted by Crippen LogP contribution is 2.35. The molecule has 0 spiro atoms. The van der Waals surface area contributed by atoms with Gasteiger partial charge in [-0.2, -0.15) is 13.2 Å². The van der Waals surface area contributed by atoms with Gasteiger partial charge in [0, 0.05) is 11.3 Å². The molecule has 0 aliphatic carbocycles. The van der Waals surface area contributed by atoms with E-state index in [1.54, 1.807) is 32.9 Å². The minimum absolute atomic E-state index is 0.242. The molecule has 1 aromatic heterocycles. The Morgan fingerprint density at radius 3 is 2.62 bits per heavy atom. The van der Waals surface area contributed by atoms with E-state index in [0.717, 1.165) is 12.1 Å². The van der Waals surface area contributed by atoms with Crippen molar-refractivity contribution in [1.29, 1.82) is 0 Å². The van der Waals surface area contributed by atoms with Gasteiger partial charge in [-0.25, -0.2) is 4.79 Å². The van der Waals surface area contributed by atoms with E-state index in [4.69, 9.17) is 21.4 Å². The highest BCUT2D eigenvalue weighted by Gasteiger charge is 2.34. The summed E-state index contributed by atoms with van der Waals surface area (Å²) in [4.78, 5) is 12.6. The number of carbonyl (C=O) groups is 1. The average Bonchev–Trinajstić information content (AvgIpc) is 3.09. The molecule has 1 aromatic carbocycles. The van der Waals surface area contributed by atoms with Crippen LogP contribution in [0, 0.1) is 0 Å². The van der Waals surface area contributed by atoms with Gasteiger partial charge in [0.1, 0.15) is 17.6 Å². The number of hydrogen-bond acceptors (Lipinski definition) is 4. The van der Waals surface area contributed by atoms with Crippen molar-refractivity contribution in [2.45, 2.75) is 39.1 Å². The van der Waals surface area contributed by atoms with Crippen molar-refractivity contribution in [2.24, 2.45) is 0 Å². The summed E-state index contributed by atoms with van der Waals surface area (Å²) in [6.07, 6.45) is -4.78. The number of thiocarbonyl (C=S) groups is 1. The topological polar surface area (TPSA) is 63.5 Å². The van der Waals surface area contributed by atoms with Gasteiger partial charge >= 0.3 is 12.1 Å². The first-order valence-electron chi connectivity index (χ1n) is 8.83. The molecule has 2 N–H and O–H groups in total. The molecule has 2 aromatic rings. The van der Waals surface area contributed by atoms with Gasteiger partial charge < -0.3 is 19.8 Å². The maximum Gasteiger partial charge on any atom is 0.416 e. The van der Waals surface area contributed by atoms with Crippen LogP contribution in [-0.2, 0) is 15.7 Å². The molecule has 0 saturated carbocycles. The van der Waals surface area contributed by atoms with Crippen molar-refractivity contribution < 1.29 is 27.1 Å². The molecule has 1 atom stereocenters. The van der Waals surface area contributed by atoms with Crippen LogP contribution in [0.1, 0.15) is 38.1 Å². The van der Waals surface area contributed by atoms with Crippen molar-refractivity contribution >= 4 is 23.3 Å². The first kappa shape index (κ1) is 20.9. The number of carbonyl (C=O) groups excluding carboxylic acids is 1. The molecule has 9 heteroatoms. The molecular formula is C20H19F3N2O3S. The Kier molecular flexibility index (Phi) is 5.70. The van der Waals surface area contributed by atoms with E-state index in [0.29, 0.717) is 16.6 Å². The summed E-state index contributed by atoms with van der Waals surface area (Å²) in [6.45, 7) is 5.15. The predicted molar refractivity (Wildman–Crippen MR) is 105 cm³/mol. The molecule has 29 heavy (non-hydrogen) atoms. The fourth-order valence-corrected chi connectivity index (χ4v) is 3.24. The van der Waals surface area contributed by atoms with E-state index in [1.165, 1.54) is 12.1 Å². The lowest BCUT2D eigenvalue weighted by atomic mass is 10.0. The number of rotatable bonds is 4. The Hall–Kier alpha value is -2.81. The van der Waals surface area contributed by atoms with E-state index in [1.807, 2.05) is 0 Å². The Bertz CT molecular complexity index is 979. The highest BCUT2D eigenvalue weighted by molar-refractivity contribution is 7.80. The Morgan fingerprint density at radius 1 is 1.24 bits per heavy atom. The van der Waals surface area contributed by atoms with Crippen LogP contribution in [-0.4, -0.2) is 17.2 Å². The average molecular weight is 424 g/mol. The molecule has 0 amide bonds. The minimum atomic E-state index is -4.46. The second kappa shape index (κ2) is 7.90. The Balaban J connectivity index is 1.97. The monoisotopic (exact) mass is 424 g/mol. The third-order valence-corrected chi connectivity index (χ3v) is 4.44. The molecule has 3 rings (SSSR count). The number of allylic oxidation sites excluding steroid dienone is 1. The van der Waals surface area contributed by atoms with E-state index >= 15 is 0 Å². The van der Waals surface area contributed by atoms with Crippen LogP contribution in [0.3, 0.4) is 0 Å². The maximum atomic E-state index is 13.0. The van der Waals surface area contributed by atoms with E-state index in [-0.39, 0.29) is 23.0 Å². The van der Waals surface area contributed by atoms with E-state index in [2.05, 4.69) is 10.6 Å². The minimum Gasteiger partial charge on any atom is -0.459 e. The zero-order chi connectivity index (χ0) is 21.3. The van der Waals surface area contributed by atoms with Gasteiger partial charge in [0.2, 0.25) is 0 Å². The maximum absolute atomic E-state index is 13.0. The summed E-state index contributed by atoms with van der Waals surface area (Å²) < 4.78 is 50.1. The number of nitrogens with one attached hydrogen (secondary N) is 2. The van der Waals surface area contributed by atoms with E-state index < -0.39 is 23.8 Å². The molecule has 0 fully saturated rings. The summed E-state index contributed by atoms with van der Waals surface area (Å²) in [7, 11) is 0. The molecule has 0 unspecified atom stereocenters. The number of hydrogen-bond donors (Lipinski definition) is 2. The zero-order valence-corrected chi connectivity index (χ0v) is 16.7. The summed E-state index contributed by atoms with van der Waals surface area (Å²) in [5, 5.41) is 6.13. The standard InChI is InChI=1S/C20H19F3N2O3S/c1-10(2)27-18(26)16-11(3)24-19(29)25-17(16)15-8-7-14(28-15)12-5-4-6-13(9-12)20(21,22)23/h4-10,17H,1-3H3,(H2,24,25,29)/t17-/m1/s1. The number of esters is 1. The van der Waals surface area contributed by atoms with Crippen LogP contribution in [0.2, 0.25) is 0 Å². The molecule has 1 aliphatic heterocycles. The molecule has 0 radical (unpaired) electrons. The molecule has 154 valence electrons. The van der Waals surface area contributed by atoms with Gasteiger partial charge in [0.15, 0.2) is 5.11 Å².